The van der Waals surface area contributed by atoms with Gasteiger partial charge in [0.15, 0.2) is 11.5 Å². The maximum absolute atomic E-state index is 11.0. The Hall–Kier alpha value is -1.38. The number of ether oxygens (including phenoxy) is 2. The number of phenolic OH excluding ortho intramolecular Hbond substituents is 1. The molecule has 1 aromatic carbocycles. The average Bonchev–Trinajstić information content (AvgIpc) is 3.01. The molecule has 0 aromatic heterocycles. The van der Waals surface area contributed by atoms with Crippen LogP contribution in [0.4, 0.5) is 0 Å². The number of fused-ring (bicyclic) bond motifs is 5. The summed E-state index contributed by atoms with van der Waals surface area (Å²) >= 11 is 0. The summed E-state index contributed by atoms with van der Waals surface area (Å²) < 4.78 is 11.7. The maximum atomic E-state index is 11.0. The first-order valence-electron chi connectivity index (χ1n) is 8.63. The highest BCUT2D eigenvalue weighted by Crippen LogP contribution is 2.62. The van der Waals surface area contributed by atoms with Crippen LogP contribution in [0.3, 0.4) is 0 Å². The zero-order valence-corrected chi connectivity index (χ0v) is 14.0. The van der Waals surface area contributed by atoms with E-state index in [0.717, 1.165) is 29.0 Å². The zero-order valence-electron chi connectivity index (χ0n) is 14.0. The molecule has 0 radical (unpaired) electrons. The van der Waals surface area contributed by atoms with Gasteiger partial charge in [0.2, 0.25) is 6.79 Å². The monoisotopic (exact) mass is 302 g/mol. The van der Waals surface area contributed by atoms with Crippen LogP contribution >= 0.6 is 0 Å². The summed E-state index contributed by atoms with van der Waals surface area (Å²) in [6.45, 7) is 9.23. The summed E-state index contributed by atoms with van der Waals surface area (Å²) in [6.07, 6.45) is 4.72. The standard InChI is InChI=1S/C19H26O3/c1-10(2)14-16(20)12-8-13-11(3)6-5-7-19(13,4)15(12)18-17(14)21-9-22-18/h10-11,13,20H,5-9H2,1-4H3. The first-order valence-corrected chi connectivity index (χ1v) is 8.63. The second-order valence-corrected chi connectivity index (χ2v) is 7.93. The summed E-state index contributed by atoms with van der Waals surface area (Å²) in [5, 5.41) is 11.0. The SMILES string of the molecule is CC(C)c1c(O)c2c(c3c1OCO3)C1(C)CCCC(C)C1C2. The van der Waals surface area contributed by atoms with Crippen molar-refractivity contribution in [2.24, 2.45) is 11.8 Å². The summed E-state index contributed by atoms with van der Waals surface area (Å²) in [7, 11) is 0. The number of rotatable bonds is 1. The molecule has 4 rings (SSSR count). The Balaban J connectivity index is 1.99. The molecule has 22 heavy (non-hydrogen) atoms. The van der Waals surface area contributed by atoms with Crippen LogP contribution in [0.1, 0.15) is 69.6 Å². The van der Waals surface area contributed by atoms with Gasteiger partial charge in [0.1, 0.15) is 5.75 Å². The molecular formula is C19H26O3. The van der Waals surface area contributed by atoms with E-state index in [9.17, 15) is 5.11 Å². The molecule has 0 bridgehead atoms. The van der Waals surface area contributed by atoms with Gasteiger partial charge in [0, 0.05) is 22.1 Å². The van der Waals surface area contributed by atoms with Gasteiger partial charge < -0.3 is 14.6 Å². The lowest BCUT2D eigenvalue weighted by Gasteiger charge is -2.41. The van der Waals surface area contributed by atoms with Crippen LogP contribution in [0, 0.1) is 11.8 Å². The van der Waals surface area contributed by atoms with E-state index in [4.69, 9.17) is 9.47 Å². The zero-order chi connectivity index (χ0) is 15.6. The Morgan fingerprint density at radius 2 is 1.95 bits per heavy atom. The minimum Gasteiger partial charge on any atom is -0.507 e. The minimum atomic E-state index is 0.123. The number of aromatic hydroxyl groups is 1. The van der Waals surface area contributed by atoms with Crippen LogP contribution in [0.25, 0.3) is 0 Å². The topological polar surface area (TPSA) is 38.7 Å². The Bertz CT molecular complexity index is 634. The highest BCUT2D eigenvalue weighted by atomic mass is 16.7. The Morgan fingerprint density at radius 3 is 2.68 bits per heavy atom. The molecule has 3 atom stereocenters. The number of phenols is 1. The van der Waals surface area contributed by atoms with Crippen molar-refractivity contribution in [2.45, 2.75) is 64.7 Å². The van der Waals surface area contributed by atoms with Crippen molar-refractivity contribution in [1.29, 1.82) is 0 Å². The largest absolute Gasteiger partial charge is 0.507 e. The molecule has 1 heterocycles. The van der Waals surface area contributed by atoms with Crippen LogP contribution in [0.5, 0.6) is 17.2 Å². The van der Waals surface area contributed by atoms with Gasteiger partial charge in [-0.3, -0.25) is 0 Å². The smallest absolute Gasteiger partial charge is 0.231 e. The fraction of sp³-hybridized carbons (Fsp3) is 0.684. The van der Waals surface area contributed by atoms with Gasteiger partial charge in [-0.1, -0.05) is 40.5 Å². The first-order chi connectivity index (χ1) is 10.4. The highest BCUT2D eigenvalue weighted by Gasteiger charge is 2.52. The summed E-state index contributed by atoms with van der Waals surface area (Å²) in [5.41, 5.74) is 3.44. The normalized spacial score (nSPS) is 32.2. The molecule has 0 spiro atoms. The lowest BCUT2D eigenvalue weighted by Crippen LogP contribution is -2.36. The average molecular weight is 302 g/mol. The van der Waals surface area contributed by atoms with Crippen molar-refractivity contribution in [2.75, 3.05) is 6.79 Å². The van der Waals surface area contributed by atoms with Gasteiger partial charge in [-0.05, 0) is 30.6 Å². The van der Waals surface area contributed by atoms with Gasteiger partial charge >= 0.3 is 0 Å². The fourth-order valence-electron chi connectivity index (χ4n) is 5.29. The molecule has 1 fully saturated rings. The molecule has 3 aliphatic rings. The van der Waals surface area contributed by atoms with Crippen LogP contribution < -0.4 is 9.47 Å². The molecule has 1 aliphatic heterocycles. The number of hydrogen-bond donors (Lipinski definition) is 1. The molecular weight excluding hydrogens is 276 g/mol. The molecule has 3 nitrogen and oxygen atoms in total. The van der Waals surface area contributed by atoms with E-state index in [0.29, 0.717) is 17.6 Å². The molecule has 2 aliphatic carbocycles. The van der Waals surface area contributed by atoms with Crippen molar-refractivity contribution in [3.05, 3.63) is 16.7 Å². The van der Waals surface area contributed by atoms with E-state index in [1.807, 2.05) is 0 Å². The van der Waals surface area contributed by atoms with Gasteiger partial charge in [-0.2, -0.15) is 0 Å². The quantitative estimate of drug-likeness (QED) is 0.830. The van der Waals surface area contributed by atoms with Crippen LogP contribution in [-0.4, -0.2) is 11.9 Å². The Labute approximate surface area is 132 Å². The molecule has 0 saturated heterocycles. The molecule has 3 unspecified atom stereocenters. The third-order valence-corrected chi connectivity index (χ3v) is 6.36. The summed E-state index contributed by atoms with van der Waals surface area (Å²) in [4.78, 5) is 0. The molecule has 0 amide bonds. The maximum Gasteiger partial charge on any atom is 0.231 e. The minimum absolute atomic E-state index is 0.123. The van der Waals surface area contributed by atoms with Crippen molar-refractivity contribution in [1.82, 2.24) is 0 Å². The van der Waals surface area contributed by atoms with Gasteiger partial charge in [0.25, 0.3) is 0 Å². The molecule has 1 N–H and O–H groups in total. The van der Waals surface area contributed by atoms with Crippen LogP contribution in [0.2, 0.25) is 0 Å². The predicted octanol–water partition coefficient (Wildman–Crippen LogP) is 4.49. The van der Waals surface area contributed by atoms with Gasteiger partial charge in [0.05, 0.1) is 0 Å². The van der Waals surface area contributed by atoms with Gasteiger partial charge in [-0.15, -0.1) is 0 Å². The molecule has 120 valence electrons. The van der Waals surface area contributed by atoms with E-state index < -0.39 is 0 Å². The van der Waals surface area contributed by atoms with E-state index in [-0.39, 0.29) is 18.1 Å². The summed E-state index contributed by atoms with van der Waals surface area (Å²) in [5.74, 6) is 3.73. The van der Waals surface area contributed by atoms with E-state index >= 15 is 0 Å². The molecule has 3 heteroatoms. The number of hydrogen-bond acceptors (Lipinski definition) is 3. The second-order valence-electron chi connectivity index (χ2n) is 7.93. The van der Waals surface area contributed by atoms with Crippen molar-refractivity contribution >= 4 is 0 Å². The first kappa shape index (κ1) is 14.2. The van der Waals surface area contributed by atoms with Crippen LogP contribution in [-0.2, 0) is 11.8 Å². The van der Waals surface area contributed by atoms with Crippen molar-refractivity contribution in [3.63, 3.8) is 0 Å². The lowest BCUT2D eigenvalue weighted by molar-refractivity contribution is 0.147. The third-order valence-electron chi connectivity index (χ3n) is 6.36. The predicted molar refractivity (Wildman–Crippen MR) is 85.9 cm³/mol. The lowest BCUT2D eigenvalue weighted by atomic mass is 9.63. The van der Waals surface area contributed by atoms with Crippen LogP contribution in [0.15, 0.2) is 0 Å². The Kier molecular flexibility index (Phi) is 2.95. The van der Waals surface area contributed by atoms with E-state index in [1.165, 1.54) is 24.8 Å². The van der Waals surface area contributed by atoms with Crippen molar-refractivity contribution < 1.29 is 14.6 Å². The van der Waals surface area contributed by atoms with E-state index in [1.54, 1.807) is 0 Å². The molecule has 1 saturated carbocycles. The highest BCUT2D eigenvalue weighted by molar-refractivity contribution is 5.68. The second kappa shape index (κ2) is 4.56. The summed E-state index contributed by atoms with van der Waals surface area (Å²) in [6, 6.07) is 0. The van der Waals surface area contributed by atoms with Gasteiger partial charge in [-0.25, -0.2) is 0 Å². The Morgan fingerprint density at radius 1 is 1.23 bits per heavy atom. The fourth-order valence-corrected chi connectivity index (χ4v) is 5.29. The molecule has 1 aromatic rings. The third kappa shape index (κ3) is 1.63. The number of benzene rings is 1. The van der Waals surface area contributed by atoms with Crippen molar-refractivity contribution in [3.8, 4) is 17.2 Å². The van der Waals surface area contributed by atoms with E-state index in [2.05, 4.69) is 27.7 Å².